The molecule has 0 saturated carbocycles. The fourth-order valence-electron chi connectivity index (χ4n) is 1.71. The second kappa shape index (κ2) is 6.73. The molecule has 0 radical (unpaired) electrons. The van der Waals surface area contributed by atoms with Crippen molar-refractivity contribution in [3.05, 3.63) is 59.6 Å². The van der Waals surface area contributed by atoms with Gasteiger partial charge >= 0.3 is 0 Å². The number of hydrogen-bond donors (Lipinski definition) is 0. The molecule has 104 valence electrons. The van der Waals surface area contributed by atoms with Gasteiger partial charge in [-0.25, -0.2) is 0 Å². The third-order valence-electron chi connectivity index (χ3n) is 2.74. The van der Waals surface area contributed by atoms with Crippen LogP contribution in [0.25, 0.3) is 6.08 Å². The molecule has 0 amide bonds. The van der Waals surface area contributed by atoms with E-state index in [0.717, 1.165) is 11.5 Å². The van der Waals surface area contributed by atoms with E-state index in [1.165, 1.54) is 6.08 Å². The maximum Gasteiger partial charge on any atom is 0.185 e. The van der Waals surface area contributed by atoms with Gasteiger partial charge in [0.25, 0.3) is 0 Å². The lowest BCUT2D eigenvalue weighted by Gasteiger charge is -1.99. The summed E-state index contributed by atoms with van der Waals surface area (Å²) in [7, 11) is 3.19. The van der Waals surface area contributed by atoms with Crippen molar-refractivity contribution < 1.29 is 18.7 Å². The number of carbonyl (C=O) groups excluding carboxylic acids is 1. The highest BCUT2D eigenvalue weighted by molar-refractivity contribution is 6.06. The SMILES string of the molecule is COCc1ccc(C=CC(=O)c2ccc(OC)cc2)o1. The second-order valence-corrected chi connectivity index (χ2v) is 4.16. The van der Waals surface area contributed by atoms with Crippen molar-refractivity contribution in [2.45, 2.75) is 6.61 Å². The normalized spacial score (nSPS) is 10.9. The number of carbonyl (C=O) groups is 1. The molecule has 1 heterocycles. The molecule has 0 saturated heterocycles. The molecular formula is C16H16O4. The number of furan rings is 1. The van der Waals surface area contributed by atoms with Crippen molar-refractivity contribution >= 4 is 11.9 Å². The van der Waals surface area contributed by atoms with Crippen LogP contribution in [0.5, 0.6) is 5.75 Å². The lowest BCUT2D eigenvalue weighted by molar-refractivity contribution is 0.104. The Labute approximate surface area is 117 Å². The first-order chi connectivity index (χ1) is 9.72. The lowest BCUT2D eigenvalue weighted by atomic mass is 10.1. The van der Waals surface area contributed by atoms with Gasteiger partial charge in [-0.15, -0.1) is 0 Å². The van der Waals surface area contributed by atoms with E-state index in [-0.39, 0.29) is 5.78 Å². The molecule has 0 spiro atoms. The molecule has 0 unspecified atom stereocenters. The van der Waals surface area contributed by atoms with Crippen molar-refractivity contribution in [1.29, 1.82) is 0 Å². The van der Waals surface area contributed by atoms with E-state index in [1.807, 2.05) is 6.07 Å². The molecule has 1 aromatic carbocycles. The summed E-state index contributed by atoms with van der Waals surface area (Å²) in [5.41, 5.74) is 0.603. The summed E-state index contributed by atoms with van der Waals surface area (Å²) in [4.78, 5) is 12.0. The average molecular weight is 272 g/mol. The van der Waals surface area contributed by atoms with Gasteiger partial charge in [0.2, 0.25) is 0 Å². The smallest absolute Gasteiger partial charge is 0.185 e. The van der Waals surface area contributed by atoms with E-state index < -0.39 is 0 Å². The zero-order chi connectivity index (χ0) is 14.4. The van der Waals surface area contributed by atoms with E-state index in [1.54, 1.807) is 50.6 Å². The minimum Gasteiger partial charge on any atom is -0.497 e. The maximum absolute atomic E-state index is 12.0. The molecule has 1 aromatic heterocycles. The van der Waals surface area contributed by atoms with Crippen LogP contribution < -0.4 is 4.74 Å². The summed E-state index contributed by atoms with van der Waals surface area (Å²) in [6.45, 7) is 0.417. The largest absolute Gasteiger partial charge is 0.497 e. The highest BCUT2D eigenvalue weighted by Gasteiger charge is 2.03. The molecule has 0 aliphatic rings. The molecule has 0 atom stereocenters. The summed E-state index contributed by atoms with van der Waals surface area (Å²) in [5.74, 6) is 1.99. The molecule has 20 heavy (non-hydrogen) atoms. The molecule has 0 N–H and O–H groups in total. The summed E-state index contributed by atoms with van der Waals surface area (Å²) in [6, 6.07) is 10.6. The molecule has 0 bridgehead atoms. The van der Waals surface area contributed by atoms with Gasteiger partial charge in [-0.05, 0) is 48.6 Å². The highest BCUT2D eigenvalue weighted by Crippen LogP contribution is 2.14. The number of allylic oxidation sites excluding steroid dienone is 1. The Morgan fingerprint density at radius 3 is 2.55 bits per heavy atom. The van der Waals surface area contributed by atoms with Gasteiger partial charge in [-0.1, -0.05) is 0 Å². The van der Waals surface area contributed by atoms with Crippen molar-refractivity contribution in [1.82, 2.24) is 0 Å². The number of ketones is 1. The van der Waals surface area contributed by atoms with Gasteiger partial charge in [0.1, 0.15) is 23.9 Å². The zero-order valence-electron chi connectivity index (χ0n) is 11.5. The Morgan fingerprint density at radius 1 is 1.15 bits per heavy atom. The van der Waals surface area contributed by atoms with Crippen LogP contribution >= 0.6 is 0 Å². The summed E-state index contributed by atoms with van der Waals surface area (Å²) in [6.07, 6.45) is 3.13. The van der Waals surface area contributed by atoms with Gasteiger partial charge in [0, 0.05) is 12.7 Å². The average Bonchev–Trinajstić information content (AvgIpc) is 2.93. The third kappa shape index (κ3) is 3.59. The minimum absolute atomic E-state index is 0.0858. The van der Waals surface area contributed by atoms with E-state index in [4.69, 9.17) is 13.9 Å². The van der Waals surface area contributed by atoms with E-state index in [2.05, 4.69) is 0 Å². The van der Waals surface area contributed by atoms with Crippen LogP contribution in [0, 0.1) is 0 Å². The molecule has 4 heteroatoms. The number of methoxy groups -OCH3 is 2. The summed E-state index contributed by atoms with van der Waals surface area (Å²) < 4.78 is 15.5. The van der Waals surface area contributed by atoms with Gasteiger partial charge in [0.05, 0.1) is 7.11 Å². The number of hydrogen-bond acceptors (Lipinski definition) is 4. The maximum atomic E-state index is 12.0. The van der Waals surface area contributed by atoms with Crippen LogP contribution in [0.4, 0.5) is 0 Å². The van der Waals surface area contributed by atoms with E-state index >= 15 is 0 Å². The quantitative estimate of drug-likeness (QED) is 0.598. The fraction of sp³-hybridized carbons (Fsp3) is 0.188. The van der Waals surface area contributed by atoms with Crippen molar-refractivity contribution in [2.75, 3.05) is 14.2 Å². The monoisotopic (exact) mass is 272 g/mol. The number of ether oxygens (including phenoxy) is 2. The summed E-state index contributed by atoms with van der Waals surface area (Å²) >= 11 is 0. The van der Waals surface area contributed by atoms with Crippen LogP contribution in [0.2, 0.25) is 0 Å². The fourth-order valence-corrected chi connectivity index (χ4v) is 1.71. The Balaban J connectivity index is 2.03. The van der Waals surface area contributed by atoms with Gasteiger partial charge in [-0.3, -0.25) is 4.79 Å². The van der Waals surface area contributed by atoms with Crippen LogP contribution in [0.15, 0.2) is 46.9 Å². The number of benzene rings is 1. The van der Waals surface area contributed by atoms with Crippen LogP contribution in [0.3, 0.4) is 0 Å². The minimum atomic E-state index is -0.0858. The van der Waals surface area contributed by atoms with Gasteiger partial charge in [0.15, 0.2) is 5.78 Å². The van der Waals surface area contributed by atoms with E-state index in [9.17, 15) is 4.79 Å². The van der Waals surface area contributed by atoms with Crippen molar-refractivity contribution in [3.8, 4) is 5.75 Å². The van der Waals surface area contributed by atoms with E-state index in [0.29, 0.717) is 17.9 Å². The van der Waals surface area contributed by atoms with Gasteiger partial charge in [-0.2, -0.15) is 0 Å². The first kappa shape index (κ1) is 14.1. The standard InChI is InChI=1S/C16H16O4/c1-18-11-15-8-7-14(20-15)9-10-16(17)12-3-5-13(19-2)6-4-12/h3-10H,11H2,1-2H3. The van der Waals surface area contributed by atoms with Gasteiger partial charge < -0.3 is 13.9 Å². The molecule has 2 aromatic rings. The Kier molecular flexibility index (Phi) is 4.74. The Hall–Kier alpha value is -2.33. The second-order valence-electron chi connectivity index (χ2n) is 4.16. The molecule has 0 aliphatic carbocycles. The van der Waals surface area contributed by atoms with Crippen molar-refractivity contribution in [3.63, 3.8) is 0 Å². The summed E-state index contributed by atoms with van der Waals surface area (Å²) in [5, 5.41) is 0. The predicted octanol–water partition coefficient (Wildman–Crippen LogP) is 3.33. The van der Waals surface area contributed by atoms with Crippen LogP contribution in [0.1, 0.15) is 21.9 Å². The third-order valence-corrected chi connectivity index (χ3v) is 2.74. The van der Waals surface area contributed by atoms with Crippen LogP contribution in [-0.4, -0.2) is 20.0 Å². The molecule has 2 rings (SSSR count). The molecule has 0 aliphatic heterocycles. The Bertz CT molecular complexity index is 593. The highest BCUT2D eigenvalue weighted by atomic mass is 16.5. The topological polar surface area (TPSA) is 48.7 Å². The number of rotatable bonds is 6. The lowest BCUT2D eigenvalue weighted by Crippen LogP contribution is -1.93. The first-order valence-electron chi connectivity index (χ1n) is 6.17. The molecular weight excluding hydrogens is 256 g/mol. The zero-order valence-corrected chi connectivity index (χ0v) is 11.5. The van der Waals surface area contributed by atoms with Crippen molar-refractivity contribution in [2.24, 2.45) is 0 Å². The van der Waals surface area contributed by atoms with Crippen LogP contribution in [-0.2, 0) is 11.3 Å². The Morgan fingerprint density at radius 2 is 1.90 bits per heavy atom. The predicted molar refractivity (Wildman–Crippen MR) is 75.8 cm³/mol. The molecule has 0 fully saturated rings. The molecule has 4 nitrogen and oxygen atoms in total. The first-order valence-corrected chi connectivity index (χ1v) is 6.17.